The van der Waals surface area contributed by atoms with Gasteiger partial charge in [-0.05, 0) is 55.0 Å². The van der Waals surface area contributed by atoms with E-state index >= 15 is 0 Å². The topological polar surface area (TPSA) is 42.1 Å². The van der Waals surface area contributed by atoms with Crippen molar-refractivity contribution in [2.75, 3.05) is 6.54 Å². The van der Waals surface area contributed by atoms with Gasteiger partial charge < -0.3 is 5.73 Å². The molecule has 0 spiro atoms. The Hall–Kier alpha value is -1.71. The van der Waals surface area contributed by atoms with Crippen LogP contribution in [0.5, 0.6) is 0 Å². The lowest BCUT2D eigenvalue weighted by Crippen LogP contribution is -2.35. The van der Waals surface area contributed by atoms with Gasteiger partial charge in [-0.2, -0.15) is 0 Å². The fraction of sp³-hybridized carbons (Fsp3) is 0.450. The van der Waals surface area contributed by atoms with Gasteiger partial charge in [0.15, 0.2) is 0 Å². The van der Waals surface area contributed by atoms with Gasteiger partial charge in [-0.25, -0.2) is 0 Å². The van der Waals surface area contributed by atoms with Crippen LogP contribution in [0.25, 0.3) is 0 Å². The summed E-state index contributed by atoms with van der Waals surface area (Å²) in [6, 6.07) is 14.3. The van der Waals surface area contributed by atoms with Crippen LogP contribution in [0, 0.1) is 0 Å². The number of rotatable bonds is 3. The SMILES string of the molecule is NC(c1ccc(C2CCC3CCCCN32)cc1)c1cccnc1. The maximum Gasteiger partial charge on any atom is 0.0566 e. The van der Waals surface area contributed by atoms with Gasteiger partial charge in [0.25, 0.3) is 0 Å². The Morgan fingerprint density at radius 3 is 2.65 bits per heavy atom. The molecule has 3 heterocycles. The summed E-state index contributed by atoms with van der Waals surface area (Å²) < 4.78 is 0. The Labute approximate surface area is 138 Å². The maximum atomic E-state index is 6.38. The summed E-state index contributed by atoms with van der Waals surface area (Å²) in [6.07, 6.45) is 10.5. The number of piperidine rings is 1. The summed E-state index contributed by atoms with van der Waals surface area (Å²) in [5.74, 6) is 0. The highest BCUT2D eigenvalue weighted by Crippen LogP contribution is 2.40. The van der Waals surface area contributed by atoms with Gasteiger partial charge >= 0.3 is 0 Å². The van der Waals surface area contributed by atoms with Crippen LogP contribution in [0.4, 0.5) is 0 Å². The van der Waals surface area contributed by atoms with Crippen LogP contribution in [-0.4, -0.2) is 22.5 Å². The molecule has 0 radical (unpaired) electrons. The first-order valence-electron chi connectivity index (χ1n) is 8.84. The number of hydrogen-bond donors (Lipinski definition) is 1. The van der Waals surface area contributed by atoms with Gasteiger partial charge in [-0.15, -0.1) is 0 Å². The molecule has 0 amide bonds. The fourth-order valence-electron chi connectivity index (χ4n) is 4.30. The molecular weight excluding hydrogens is 282 g/mol. The van der Waals surface area contributed by atoms with Crippen LogP contribution < -0.4 is 5.73 Å². The maximum absolute atomic E-state index is 6.38. The average molecular weight is 307 g/mol. The van der Waals surface area contributed by atoms with Crippen LogP contribution >= 0.6 is 0 Å². The molecule has 2 aliphatic rings. The lowest BCUT2D eigenvalue weighted by atomic mass is 9.97. The summed E-state index contributed by atoms with van der Waals surface area (Å²) >= 11 is 0. The second-order valence-electron chi connectivity index (χ2n) is 6.91. The normalized spacial score (nSPS) is 26.0. The molecule has 3 heteroatoms. The van der Waals surface area contributed by atoms with E-state index in [-0.39, 0.29) is 6.04 Å². The van der Waals surface area contributed by atoms with Crippen molar-refractivity contribution in [3.63, 3.8) is 0 Å². The van der Waals surface area contributed by atoms with E-state index in [0.29, 0.717) is 6.04 Å². The zero-order valence-electron chi connectivity index (χ0n) is 13.6. The number of pyridine rings is 1. The molecule has 2 fully saturated rings. The van der Waals surface area contributed by atoms with Crippen molar-refractivity contribution in [3.8, 4) is 0 Å². The van der Waals surface area contributed by atoms with Crippen molar-refractivity contribution in [2.24, 2.45) is 5.73 Å². The molecule has 2 aromatic rings. The summed E-state index contributed by atoms with van der Waals surface area (Å²) in [6.45, 7) is 1.27. The van der Waals surface area contributed by atoms with Gasteiger partial charge in [0.2, 0.25) is 0 Å². The Morgan fingerprint density at radius 2 is 1.87 bits per heavy atom. The third-order valence-corrected chi connectivity index (χ3v) is 5.57. The standard InChI is InChI=1S/C20H25N3/c21-20(17-4-3-12-22-14-17)16-8-6-15(7-9-16)19-11-10-18-5-1-2-13-23(18)19/h3-4,6-9,12,14,18-20H,1-2,5,10-11,13,21H2. The number of fused-ring (bicyclic) bond motifs is 1. The van der Waals surface area contributed by atoms with E-state index in [2.05, 4.69) is 34.1 Å². The Morgan fingerprint density at radius 1 is 1.00 bits per heavy atom. The number of aromatic nitrogens is 1. The predicted molar refractivity (Wildman–Crippen MR) is 93.0 cm³/mol. The lowest BCUT2D eigenvalue weighted by molar-refractivity contribution is 0.150. The predicted octanol–water partition coefficient (Wildman–Crippen LogP) is 3.82. The molecule has 3 atom stereocenters. The number of nitrogens with zero attached hydrogens (tertiary/aromatic N) is 2. The minimum atomic E-state index is -0.0935. The van der Waals surface area contributed by atoms with Crippen molar-refractivity contribution in [1.82, 2.24) is 9.88 Å². The van der Waals surface area contributed by atoms with Gasteiger partial charge in [0, 0.05) is 24.5 Å². The first kappa shape index (κ1) is 14.9. The second-order valence-corrected chi connectivity index (χ2v) is 6.91. The van der Waals surface area contributed by atoms with Crippen molar-refractivity contribution >= 4 is 0 Å². The zero-order chi connectivity index (χ0) is 15.6. The van der Waals surface area contributed by atoms with Crippen molar-refractivity contribution in [2.45, 2.75) is 50.2 Å². The van der Waals surface area contributed by atoms with Crippen LogP contribution in [0.15, 0.2) is 48.8 Å². The van der Waals surface area contributed by atoms with E-state index in [1.807, 2.05) is 18.3 Å². The molecule has 1 aromatic heterocycles. The largest absolute Gasteiger partial charge is 0.320 e. The number of nitrogens with two attached hydrogens (primary N) is 1. The monoisotopic (exact) mass is 307 g/mol. The molecular formula is C20H25N3. The molecule has 0 saturated carbocycles. The van der Waals surface area contributed by atoms with Crippen molar-refractivity contribution in [1.29, 1.82) is 0 Å². The second kappa shape index (κ2) is 6.42. The third kappa shape index (κ3) is 2.91. The summed E-state index contributed by atoms with van der Waals surface area (Å²) in [5, 5.41) is 0. The smallest absolute Gasteiger partial charge is 0.0566 e. The number of hydrogen-bond acceptors (Lipinski definition) is 3. The molecule has 23 heavy (non-hydrogen) atoms. The Bertz CT molecular complexity index is 638. The van der Waals surface area contributed by atoms with Crippen LogP contribution in [0.2, 0.25) is 0 Å². The van der Waals surface area contributed by atoms with Gasteiger partial charge in [0.05, 0.1) is 6.04 Å². The van der Waals surface area contributed by atoms with E-state index in [1.54, 1.807) is 6.20 Å². The molecule has 2 saturated heterocycles. The van der Waals surface area contributed by atoms with Crippen molar-refractivity contribution < 1.29 is 0 Å². The summed E-state index contributed by atoms with van der Waals surface area (Å²) in [5.41, 5.74) is 10.1. The van der Waals surface area contributed by atoms with E-state index in [4.69, 9.17) is 5.73 Å². The van der Waals surface area contributed by atoms with E-state index in [9.17, 15) is 0 Å². The van der Waals surface area contributed by atoms with E-state index < -0.39 is 0 Å². The molecule has 1 aromatic carbocycles. The molecule has 2 N–H and O–H groups in total. The molecule has 4 rings (SSSR count). The van der Waals surface area contributed by atoms with Gasteiger partial charge in [-0.3, -0.25) is 9.88 Å². The van der Waals surface area contributed by atoms with Crippen LogP contribution in [0.1, 0.15) is 60.9 Å². The first-order valence-corrected chi connectivity index (χ1v) is 8.84. The number of benzene rings is 1. The van der Waals surface area contributed by atoms with E-state index in [0.717, 1.165) is 17.2 Å². The van der Waals surface area contributed by atoms with Gasteiger partial charge in [0.1, 0.15) is 0 Å². The van der Waals surface area contributed by atoms with Crippen LogP contribution in [0.3, 0.4) is 0 Å². The molecule has 120 valence electrons. The molecule has 0 aliphatic carbocycles. The molecule has 0 bridgehead atoms. The first-order chi connectivity index (χ1) is 11.3. The van der Waals surface area contributed by atoms with Crippen molar-refractivity contribution in [3.05, 3.63) is 65.5 Å². The van der Waals surface area contributed by atoms with E-state index in [1.165, 1.54) is 44.2 Å². The minimum Gasteiger partial charge on any atom is -0.320 e. The highest BCUT2D eigenvalue weighted by atomic mass is 15.2. The molecule has 3 nitrogen and oxygen atoms in total. The minimum absolute atomic E-state index is 0.0935. The quantitative estimate of drug-likeness (QED) is 0.937. The zero-order valence-corrected chi connectivity index (χ0v) is 13.6. The fourth-order valence-corrected chi connectivity index (χ4v) is 4.30. The lowest BCUT2D eigenvalue weighted by Gasteiger charge is -2.34. The molecule has 3 unspecified atom stereocenters. The van der Waals surface area contributed by atoms with Gasteiger partial charge in [-0.1, -0.05) is 36.8 Å². The third-order valence-electron chi connectivity index (χ3n) is 5.57. The highest BCUT2D eigenvalue weighted by molar-refractivity contribution is 5.33. The highest BCUT2D eigenvalue weighted by Gasteiger charge is 2.35. The molecule has 2 aliphatic heterocycles. The summed E-state index contributed by atoms with van der Waals surface area (Å²) in [4.78, 5) is 6.91. The average Bonchev–Trinajstić information content (AvgIpc) is 3.06. The van der Waals surface area contributed by atoms with Crippen LogP contribution in [-0.2, 0) is 0 Å². The summed E-state index contributed by atoms with van der Waals surface area (Å²) in [7, 11) is 0. The Kier molecular flexibility index (Phi) is 4.15. The Balaban J connectivity index is 1.52.